The van der Waals surface area contributed by atoms with Crippen molar-refractivity contribution in [1.29, 1.82) is 0 Å². The Bertz CT molecular complexity index is 1430. The third-order valence-electron chi connectivity index (χ3n) is 6.97. The van der Waals surface area contributed by atoms with Crippen molar-refractivity contribution in [2.75, 3.05) is 17.6 Å². The minimum Gasteiger partial charge on any atom is -0.383 e. The van der Waals surface area contributed by atoms with Crippen molar-refractivity contribution in [2.45, 2.75) is 63.6 Å². The maximum Gasteiger partial charge on any atom is 0.405 e. The molecule has 4 aromatic rings. The molecule has 202 valence electrons. The number of anilines is 2. The molecule has 8 nitrogen and oxygen atoms in total. The van der Waals surface area contributed by atoms with Crippen molar-refractivity contribution in [1.82, 2.24) is 19.5 Å². The van der Waals surface area contributed by atoms with Gasteiger partial charge in [0.25, 0.3) is 0 Å². The summed E-state index contributed by atoms with van der Waals surface area (Å²) in [6.07, 6.45) is 2.15. The molecule has 1 aliphatic carbocycles. The van der Waals surface area contributed by atoms with Gasteiger partial charge in [-0.15, -0.1) is 0 Å². The van der Waals surface area contributed by atoms with E-state index in [0.29, 0.717) is 17.3 Å². The number of aliphatic hydroxyl groups is 1. The highest BCUT2D eigenvalue weighted by Gasteiger charge is 2.39. The average Bonchev–Trinajstić information content (AvgIpc) is 3.44. The highest BCUT2D eigenvalue weighted by Crippen LogP contribution is 2.42. The van der Waals surface area contributed by atoms with E-state index in [2.05, 4.69) is 24.8 Å². The Morgan fingerprint density at radius 3 is 2.68 bits per heavy atom. The van der Waals surface area contributed by atoms with Crippen LogP contribution in [0.3, 0.4) is 0 Å². The number of nitrogens with zero attached hydrogens (tertiary/aromatic N) is 4. The van der Waals surface area contributed by atoms with Crippen LogP contribution in [0.5, 0.6) is 0 Å². The molecule has 1 saturated carbocycles. The normalized spacial score (nSPS) is 20.4. The van der Waals surface area contributed by atoms with Crippen LogP contribution < -0.4 is 11.1 Å². The molecule has 4 N–H and O–H groups in total. The number of fused-ring (bicyclic) bond motifs is 2. The fraction of sp³-hybridized carbons (Fsp3) is 0.444. The molecule has 5 rings (SSSR count). The van der Waals surface area contributed by atoms with E-state index in [-0.39, 0.29) is 18.0 Å². The monoisotopic (exact) mass is 528 g/mol. The summed E-state index contributed by atoms with van der Waals surface area (Å²) in [6, 6.07) is 11.1. The Morgan fingerprint density at radius 2 is 1.92 bits per heavy atom. The zero-order valence-corrected chi connectivity index (χ0v) is 21.2. The van der Waals surface area contributed by atoms with Gasteiger partial charge >= 0.3 is 6.18 Å². The van der Waals surface area contributed by atoms with Crippen LogP contribution in [0.1, 0.15) is 44.7 Å². The molecule has 0 spiro atoms. The van der Waals surface area contributed by atoms with Crippen LogP contribution in [-0.4, -0.2) is 49.2 Å². The lowest BCUT2D eigenvalue weighted by Gasteiger charge is -2.28. The van der Waals surface area contributed by atoms with E-state index in [4.69, 9.17) is 10.5 Å². The van der Waals surface area contributed by atoms with E-state index < -0.39 is 18.5 Å². The van der Waals surface area contributed by atoms with E-state index in [9.17, 15) is 18.3 Å². The summed E-state index contributed by atoms with van der Waals surface area (Å²) in [7, 11) is 0. The fourth-order valence-corrected chi connectivity index (χ4v) is 5.34. The summed E-state index contributed by atoms with van der Waals surface area (Å²) >= 11 is 0. The summed E-state index contributed by atoms with van der Waals surface area (Å²) in [4.78, 5) is 12.9. The van der Waals surface area contributed by atoms with Crippen molar-refractivity contribution >= 4 is 33.6 Å². The summed E-state index contributed by atoms with van der Waals surface area (Å²) in [5, 5.41) is 14.4. The molecule has 0 saturated heterocycles. The van der Waals surface area contributed by atoms with Crippen LogP contribution in [0.4, 0.5) is 24.8 Å². The number of hydrogen-bond donors (Lipinski definition) is 3. The Kier molecular flexibility index (Phi) is 6.91. The highest BCUT2D eigenvalue weighted by molar-refractivity contribution is 5.86. The number of aryl methyl sites for hydroxylation is 1. The van der Waals surface area contributed by atoms with Gasteiger partial charge in [-0.25, -0.2) is 15.0 Å². The minimum atomic E-state index is -4.31. The molecule has 0 aliphatic heterocycles. The standard InChI is InChI=1S/C27H31F3N6O2/c1-26(2,37)38-22-13-17(12-21(22)36-10-9-19-24(31)33-15-34-25(19)36)4-3-16-5-6-18-7-8-23(35-20(18)11-16)32-14-27(28,29)30/h5-11,15,17,21-22,37H,3-4,12-14H2,1-2H3,(H,32,35)(H2,31,33,34). The maximum atomic E-state index is 12.6. The van der Waals surface area contributed by atoms with Crippen molar-refractivity contribution in [3.05, 3.63) is 54.5 Å². The van der Waals surface area contributed by atoms with Crippen LogP contribution >= 0.6 is 0 Å². The van der Waals surface area contributed by atoms with E-state index >= 15 is 0 Å². The first-order valence-electron chi connectivity index (χ1n) is 12.6. The van der Waals surface area contributed by atoms with Crippen LogP contribution in [0, 0.1) is 5.92 Å². The van der Waals surface area contributed by atoms with Gasteiger partial charge in [0.2, 0.25) is 0 Å². The number of nitrogens with two attached hydrogens (primary N) is 1. The van der Waals surface area contributed by atoms with Crippen molar-refractivity contribution in [3.8, 4) is 0 Å². The van der Waals surface area contributed by atoms with Gasteiger partial charge in [-0.05, 0) is 75.3 Å². The Balaban J connectivity index is 1.31. The van der Waals surface area contributed by atoms with Gasteiger partial charge in [-0.1, -0.05) is 12.1 Å². The summed E-state index contributed by atoms with van der Waals surface area (Å²) in [5.41, 5.74) is 8.49. The molecule has 11 heteroatoms. The number of ether oxygens (including phenoxy) is 1. The van der Waals surface area contributed by atoms with Gasteiger partial charge in [0.05, 0.1) is 23.0 Å². The van der Waals surface area contributed by atoms with Crippen molar-refractivity contribution < 1.29 is 23.0 Å². The number of halogens is 3. The molecule has 3 unspecified atom stereocenters. The molecule has 1 aromatic carbocycles. The van der Waals surface area contributed by atoms with Gasteiger partial charge in [0, 0.05) is 11.6 Å². The molecule has 3 aromatic heterocycles. The third-order valence-corrected chi connectivity index (χ3v) is 6.97. The maximum absolute atomic E-state index is 12.6. The number of nitrogens with one attached hydrogen (secondary N) is 1. The second-order valence-corrected chi connectivity index (χ2v) is 10.5. The number of aromatic nitrogens is 4. The van der Waals surface area contributed by atoms with Crippen LogP contribution in [0.25, 0.3) is 21.9 Å². The van der Waals surface area contributed by atoms with E-state index in [1.165, 1.54) is 6.33 Å². The fourth-order valence-electron chi connectivity index (χ4n) is 5.34. The molecule has 0 radical (unpaired) electrons. The molecule has 38 heavy (non-hydrogen) atoms. The van der Waals surface area contributed by atoms with Crippen LogP contribution in [-0.2, 0) is 11.2 Å². The van der Waals surface area contributed by atoms with Crippen molar-refractivity contribution in [2.24, 2.45) is 5.92 Å². The molecule has 0 amide bonds. The lowest BCUT2D eigenvalue weighted by atomic mass is 9.97. The molecule has 3 heterocycles. The van der Waals surface area contributed by atoms with E-state index in [1.54, 1.807) is 26.0 Å². The number of rotatable bonds is 8. The Morgan fingerprint density at radius 1 is 1.13 bits per heavy atom. The molecular formula is C27H31F3N6O2. The number of nitrogen functional groups attached to an aromatic ring is 1. The smallest absolute Gasteiger partial charge is 0.383 e. The molecular weight excluding hydrogens is 497 g/mol. The molecule has 0 bridgehead atoms. The average molecular weight is 529 g/mol. The van der Waals surface area contributed by atoms with Gasteiger partial charge in [0.1, 0.15) is 30.2 Å². The summed E-state index contributed by atoms with van der Waals surface area (Å²) < 4.78 is 45.9. The van der Waals surface area contributed by atoms with E-state index in [1.807, 2.05) is 30.5 Å². The number of pyridine rings is 1. The lowest BCUT2D eigenvalue weighted by Crippen LogP contribution is -2.33. The first-order chi connectivity index (χ1) is 17.9. The zero-order valence-electron chi connectivity index (χ0n) is 21.2. The number of hydrogen-bond acceptors (Lipinski definition) is 7. The van der Waals surface area contributed by atoms with Gasteiger partial charge < -0.3 is 25.5 Å². The Hall–Kier alpha value is -3.44. The first kappa shape index (κ1) is 26.2. The van der Waals surface area contributed by atoms with Crippen molar-refractivity contribution in [3.63, 3.8) is 0 Å². The Labute approximate surface area is 218 Å². The number of alkyl halides is 3. The SMILES string of the molecule is CC(C)(O)OC1CC(CCc2ccc3ccc(NCC(F)(F)F)nc3c2)CC1n1ccc2c(N)ncnc21. The van der Waals surface area contributed by atoms with Gasteiger partial charge in [-0.2, -0.15) is 13.2 Å². The predicted molar refractivity (Wildman–Crippen MR) is 139 cm³/mol. The molecule has 3 atom stereocenters. The third kappa shape index (κ3) is 5.99. The quantitative estimate of drug-likeness (QED) is 0.269. The lowest BCUT2D eigenvalue weighted by molar-refractivity contribution is -0.210. The zero-order chi connectivity index (χ0) is 27.1. The largest absolute Gasteiger partial charge is 0.405 e. The first-order valence-corrected chi connectivity index (χ1v) is 12.6. The predicted octanol–water partition coefficient (Wildman–Crippen LogP) is 5.23. The van der Waals surface area contributed by atoms with Crippen LogP contribution in [0.15, 0.2) is 48.9 Å². The molecule has 1 aliphatic rings. The second-order valence-electron chi connectivity index (χ2n) is 10.5. The summed E-state index contributed by atoms with van der Waals surface area (Å²) in [5.74, 6) is -0.339. The number of benzene rings is 1. The minimum absolute atomic E-state index is 0.0289. The second kappa shape index (κ2) is 10.0. The summed E-state index contributed by atoms with van der Waals surface area (Å²) in [6.45, 7) is 2.13. The topological polar surface area (TPSA) is 111 Å². The molecule has 1 fully saturated rings. The van der Waals surface area contributed by atoms with Gasteiger partial charge in [0.15, 0.2) is 5.79 Å². The highest BCUT2D eigenvalue weighted by atomic mass is 19.4. The van der Waals surface area contributed by atoms with E-state index in [0.717, 1.165) is 47.7 Å². The van der Waals surface area contributed by atoms with Crippen LogP contribution in [0.2, 0.25) is 0 Å². The van der Waals surface area contributed by atoms with Gasteiger partial charge in [-0.3, -0.25) is 0 Å².